The van der Waals surface area contributed by atoms with Crippen molar-refractivity contribution < 1.29 is 14.7 Å². The highest BCUT2D eigenvalue weighted by Crippen LogP contribution is 2.23. The quantitative estimate of drug-likeness (QED) is 0.642. The van der Waals surface area contributed by atoms with Gasteiger partial charge in [0, 0.05) is 6.54 Å². The van der Waals surface area contributed by atoms with Crippen LogP contribution < -0.4 is 10.6 Å². The second kappa shape index (κ2) is 7.45. The Kier molecular flexibility index (Phi) is 5.93. The Morgan fingerprint density at radius 3 is 2.50 bits per heavy atom. The van der Waals surface area contributed by atoms with E-state index in [1.165, 1.54) is 0 Å². The molecule has 0 saturated carbocycles. The molecule has 0 aliphatic rings. The van der Waals surface area contributed by atoms with Crippen molar-refractivity contribution in [1.82, 2.24) is 10.6 Å². The van der Waals surface area contributed by atoms with Crippen molar-refractivity contribution in [1.29, 1.82) is 0 Å². The maximum atomic E-state index is 11.7. The van der Waals surface area contributed by atoms with E-state index in [4.69, 9.17) is 0 Å². The molecule has 0 spiro atoms. The third kappa shape index (κ3) is 5.24. The van der Waals surface area contributed by atoms with E-state index in [9.17, 15) is 14.7 Å². The molecular formula is C15H20N2O3. The van der Waals surface area contributed by atoms with Crippen LogP contribution >= 0.6 is 0 Å². The zero-order valence-corrected chi connectivity index (χ0v) is 11.6. The fourth-order valence-electron chi connectivity index (χ4n) is 1.70. The largest absolute Gasteiger partial charge is 0.385 e. The fourth-order valence-corrected chi connectivity index (χ4v) is 1.70. The standard InChI is InChI=1S/C15H20N2O3/c1-3-9-16-14(19)11-17-13(18)10-15(2,20)12-7-5-4-6-8-12/h3-8,20H,1,9-11H2,2H3,(H,16,19)(H,17,18). The van der Waals surface area contributed by atoms with Gasteiger partial charge in [-0.2, -0.15) is 0 Å². The van der Waals surface area contributed by atoms with Crippen molar-refractivity contribution in [2.45, 2.75) is 18.9 Å². The average molecular weight is 276 g/mol. The van der Waals surface area contributed by atoms with Gasteiger partial charge >= 0.3 is 0 Å². The van der Waals surface area contributed by atoms with E-state index in [1.807, 2.05) is 6.07 Å². The highest BCUT2D eigenvalue weighted by atomic mass is 16.3. The predicted octanol–water partition coefficient (Wildman–Crippen LogP) is 0.703. The molecule has 3 N–H and O–H groups in total. The topological polar surface area (TPSA) is 78.4 Å². The van der Waals surface area contributed by atoms with Crippen LogP contribution in [0.15, 0.2) is 43.0 Å². The number of aliphatic hydroxyl groups is 1. The normalized spacial score (nSPS) is 13.1. The van der Waals surface area contributed by atoms with Crippen molar-refractivity contribution in [3.63, 3.8) is 0 Å². The number of nitrogens with one attached hydrogen (secondary N) is 2. The molecule has 0 radical (unpaired) electrons. The SMILES string of the molecule is C=CCNC(=O)CNC(=O)CC(C)(O)c1ccccc1. The number of hydrogen-bond donors (Lipinski definition) is 3. The Morgan fingerprint density at radius 1 is 1.25 bits per heavy atom. The van der Waals surface area contributed by atoms with Gasteiger partial charge in [0.15, 0.2) is 0 Å². The zero-order chi connectivity index (χ0) is 15.0. The molecule has 20 heavy (non-hydrogen) atoms. The Balaban J connectivity index is 2.45. The second-order valence-corrected chi connectivity index (χ2v) is 4.69. The average Bonchev–Trinajstić information content (AvgIpc) is 2.43. The molecule has 1 atom stereocenters. The first-order chi connectivity index (χ1) is 9.45. The third-order valence-electron chi connectivity index (χ3n) is 2.79. The molecule has 1 aromatic rings. The Hall–Kier alpha value is -2.14. The number of carbonyl (C=O) groups excluding carboxylic acids is 2. The van der Waals surface area contributed by atoms with Crippen molar-refractivity contribution in [3.05, 3.63) is 48.6 Å². The van der Waals surface area contributed by atoms with Crippen LogP contribution in [0.4, 0.5) is 0 Å². The first-order valence-electron chi connectivity index (χ1n) is 6.38. The zero-order valence-electron chi connectivity index (χ0n) is 11.6. The number of benzene rings is 1. The maximum Gasteiger partial charge on any atom is 0.239 e. The van der Waals surface area contributed by atoms with Crippen molar-refractivity contribution in [2.24, 2.45) is 0 Å². The summed E-state index contributed by atoms with van der Waals surface area (Å²) in [6, 6.07) is 8.94. The van der Waals surface area contributed by atoms with Crippen LogP contribution in [0.1, 0.15) is 18.9 Å². The van der Waals surface area contributed by atoms with Crippen LogP contribution in [0.2, 0.25) is 0 Å². The summed E-state index contributed by atoms with van der Waals surface area (Å²) in [7, 11) is 0. The Labute approximate surface area is 118 Å². The van der Waals surface area contributed by atoms with Gasteiger partial charge in [0.1, 0.15) is 0 Å². The minimum atomic E-state index is -1.26. The summed E-state index contributed by atoms with van der Waals surface area (Å²) in [5.41, 5.74) is -0.602. The van der Waals surface area contributed by atoms with E-state index < -0.39 is 5.60 Å². The van der Waals surface area contributed by atoms with Gasteiger partial charge in [-0.3, -0.25) is 9.59 Å². The van der Waals surface area contributed by atoms with Crippen LogP contribution in [0.25, 0.3) is 0 Å². The van der Waals surface area contributed by atoms with Gasteiger partial charge in [-0.1, -0.05) is 36.4 Å². The van der Waals surface area contributed by atoms with Crippen LogP contribution in [0.3, 0.4) is 0 Å². The van der Waals surface area contributed by atoms with Crippen LogP contribution in [0, 0.1) is 0 Å². The third-order valence-corrected chi connectivity index (χ3v) is 2.79. The minimum Gasteiger partial charge on any atom is -0.385 e. The first kappa shape index (κ1) is 15.9. The fraction of sp³-hybridized carbons (Fsp3) is 0.333. The molecule has 1 unspecified atom stereocenters. The molecule has 0 aliphatic heterocycles. The van der Waals surface area contributed by atoms with Gasteiger partial charge in [0.05, 0.1) is 18.6 Å². The summed E-state index contributed by atoms with van der Waals surface area (Å²) in [5, 5.41) is 15.3. The highest BCUT2D eigenvalue weighted by Gasteiger charge is 2.26. The number of carbonyl (C=O) groups is 2. The molecule has 1 rings (SSSR count). The van der Waals surface area contributed by atoms with E-state index in [2.05, 4.69) is 17.2 Å². The minimum absolute atomic E-state index is 0.105. The summed E-state index contributed by atoms with van der Waals surface area (Å²) < 4.78 is 0. The van der Waals surface area contributed by atoms with Crippen LogP contribution in [-0.4, -0.2) is 30.0 Å². The first-order valence-corrected chi connectivity index (χ1v) is 6.38. The van der Waals surface area contributed by atoms with Crippen molar-refractivity contribution >= 4 is 11.8 Å². The van der Waals surface area contributed by atoms with Crippen molar-refractivity contribution in [2.75, 3.05) is 13.1 Å². The molecule has 0 saturated heterocycles. The molecule has 5 nitrogen and oxygen atoms in total. The van der Waals surface area contributed by atoms with E-state index >= 15 is 0 Å². The summed E-state index contributed by atoms with van der Waals surface area (Å²) >= 11 is 0. The van der Waals surface area contributed by atoms with Gasteiger partial charge in [0.2, 0.25) is 11.8 Å². The lowest BCUT2D eigenvalue weighted by atomic mass is 9.92. The van der Waals surface area contributed by atoms with E-state index in [-0.39, 0.29) is 24.8 Å². The molecule has 2 amide bonds. The molecular weight excluding hydrogens is 256 g/mol. The van der Waals surface area contributed by atoms with Gasteiger partial charge < -0.3 is 15.7 Å². The molecule has 0 heterocycles. The van der Waals surface area contributed by atoms with Crippen LogP contribution in [0.5, 0.6) is 0 Å². The summed E-state index contributed by atoms with van der Waals surface area (Å²) in [6.07, 6.45) is 1.45. The number of rotatable bonds is 7. The molecule has 0 aromatic heterocycles. The lowest BCUT2D eigenvalue weighted by molar-refractivity contribution is -0.129. The van der Waals surface area contributed by atoms with Gasteiger partial charge in [-0.15, -0.1) is 6.58 Å². The smallest absolute Gasteiger partial charge is 0.239 e. The molecule has 1 aromatic carbocycles. The summed E-state index contributed by atoms with van der Waals surface area (Å²) in [6.45, 7) is 5.29. The highest BCUT2D eigenvalue weighted by molar-refractivity contribution is 5.85. The van der Waals surface area contributed by atoms with E-state index in [0.29, 0.717) is 12.1 Å². The molecule has 0 bridgehead atoms. The van der Waals surface area contributed by atoms with E-state index in [1.54, 1.807) is 37.3 Å². The Bertz CT molecular complexity index is 469. The van der Waals surface area contributed by atoms with Gasteiger partial charge in [0.25, 0.3) is 0 Å². The van der Waals surface area contributed by atoms with E-state index in [0.717, 1.165) is 0 Å². The Morgan fingerprint density at radius 2 is 1.90 bits per heavy atom. The lowest BCUT2D eigenvalue weighted by Gasteiger charge is -2.23. The molecule has 108 valence electrons. The summed E-state index contributed by atoms with van der Waals surface area (Å²) in [4.78, 5) is 23.0. The monoisotopic (exact) mass is 276 g/mol. The predicted molar refractivity (Wildman–Crippen MR) is 76.8 cm³/mol. The lowest BCUT2D eigenvalue weighted by Crippen LogP contribution is -2.39. The van der Waals surface area contributed by atoms with Gasteiger partial charge in [-0.05, 0) is 12.5 Å². The van der Waals surface area contributed by atoms with Crippen molar-refractivity contribution in [3.8, 4) is 0 Å². The number of amides is 2. The van der Waals surface area contributed by atoms with Crippen LogP contribution in [-0.2, 0) is 15.2 Å². The molecule has 5 heteroatoms. The van der Waals surface area contributed by atoms with Gasteiger partial charge in [-0.25, -0.2) is 0 Å². The second-order valence-electron chi connectivity index (χ2n) is 4.69. The molecule has 0 aliphatic carbocycles. The number of hydrogen-bond acceptors (Lipinski definition) is 3. The molecule has 0 fully saturated rings. The maximum absolute atomic E-state index is 11.7. The summed E-state index contributed by atoms with van der Waals surface area (Å²) in [5.74, 6) is -0.676.